The number of hydrogen-bond acceptors (Lipinski definition) is 5. The number of rotatable bonds is 65. The standard InChI is InChI=1S/C73H135NO5/c1-3-5-7-9-11-13-15-17-18-38-42-45-49-53-57-61-65-71(76)70(69-75)74-72(77)66-62-58-54-50-46-43-39-36-34-32-30-28-26-24-22-20-19-21-23-25-27-29-31-33-35-37-40-44-48-52-56-60-64-68-79-73(78)67-63-59-55-51-47-41-16-14-12-10-8-6-4-2/h8,10,14,16,23,25,29,31,61,65,70-71,75-76H,3-7,9,11-13,15,17-22,24,26-28,30,32-60,62-64,66-69H2,1-2H3,(H,74,77)/b10-8-,16-14-,25-23-,31-29-,65-61+. The molecule has 1 amide bonds. The summed E-state index contributed by atoms with van der Waals surface area (Å²) < 4.78 is 5.47. The zero-order chi connectivity index (χ0) is 57.1. The van der Waals surface area contributed by atoms with E-state index in [1.807, 2.05) is 6.08 Å². The number of aliphatic hydroxyl groups is 2. The monoisotopic (exact) mass is 1110 g/mol. The minimum Gasteiger partial charge on any atom is -0.466 e. The molecule has 2 unspecified atom stereocenters. The third kappa shape index (κ3) is 64.6. The van der Waals surface area contributed by atoms with E-state index >= 15 is 0 Å². The van der Waals surface area contributed by atoms with E-state index < -0.39 is 12.1 Å². The van der Waals surface area contributed by atoms with Crippen molar-refractivity contribution in [3.8, 4) is 0 Å². The topological polar surface area (TPSA) is 95.9 Å². The van der Waals surface area contributed by atoms with E-state index in [-0.39, 0.29) is 18.5 Å². The van der Waals surface area contributed by atoms with Crippen LogP contribution in [0.15, 0.2) is 60.8 Å². The Hall–Kier alpha value is -2.44. The van der Waals surface area contributed by atoms with E-state index in [1.165, 1.54) is 283 Å². The van der Waals surface area contributed by atoms with Gasteiger partial charge in [-0.05, 0) is 89.9 Å². The summed E-state index contributed by atoms with van der Waals surface area (Å²) in [7, 11) is 0. The molecule has 6 heteroatoms. The zero-order valence-corrected chi connectivity index (χ0v) is 52.9. The van der Waals surface area contributed by atoms with E-state index in [0.29, 0.717) is 19.4 Å². The number of carbonyl (C=O) groups excluding carboxylic acids is 2. The van der Waals surface area contributed by atoms with Gasteiger partial charge < -0.3 is 20.3 Å². The summed E-state index contributed by atoms with van der Waals surface area (Å²) in [6.45, 7) is 4.85. The quantitative estimate of drug-likeness (QED) is 0.0320. The molecule has 0 bridgehead atoms. The number of amides is 1. The van der Waals surface area contributed by atoms with E-state index in [1.54, 1.807) is 6.08 Å². The van der Waals surface area contributed by atoms with Crippen LogP contribution in [0.1, 0.15) is 367 Å². The first kappa shape index (κ1) is 76.6. The second-order valence-corrected chi connectivity index (χ2v) is 23.9. The maximum Gasteiger partial charge on any atom is 0.305 e. The molecule has 0 fully saturated rings. The predicted octanol–water partition coefficient (Wildman–Crippen LogP) is 22.6. The van der Waals surface area contributed by atoms with E-state index in [4.69, 9.17) is 4.74 Å². The maximum atomic E-state index is 12.5. The molecular weight excluding hydrogens is 971 g/mol. The zero-order valence-electron chi connectivity index (χ0n) is 52.9. The average Bonchev–Trinajstić information content (AvgIpc) is 3.45. The predicted molar refractivity (Wildman–Crippen MR) is 347 cm³/mol. The van der Waals surface area contributed by atoms with E-state index in [0.717, 1.165) is 57.8 Å². The van der Waals surface area contributed by atoms with Gasteiger partial charge in [-0.2, -0.15) is 0 Å². The van der Waals surface area contributed by atoms with Gasteiger partial charge in [-0.3, -0.25) is 9.59 Å². The normalized spacial score (nSPS) is 12.9. The molecule has 6 nitrogen and oxygen atoms in total. The van der Waals surface area contributed by atoms with Gasteiger partial charge in [0.05, 0.1) is 25.4 Å². The minimum absolute atomic E-state index is 0.00178. The van der Waals surface area contributed by atoms with Gasteiger partial charge >= 0.3 is 5.97 Å². The average molecular weight is 1110 g/mol. The fourth-order valence-electron chi connectivity index (χ4n) is 10.6. The third-order valence-electron chi connectivity index (χ3n) is 16.0. The van der Waals surface area contributed by atoms with Crippen LogP contribution in [0.5, 0.6) is 0 Å². The molecule has 3 N–H and O–H groups in total. The molecule has 0 heterocycles. The van der Waals surface area contributed by atoms with Gasteiger partial charge in [-0.1, -0.05) is 325 Å². The number of hydrogen-bond donors (Lipinski definition) is 3. The Labute approximate surface area is 492 Å². The number of carbonyl (C=O) groups is 2. The summed E-state index contributed by atoms with van der Waals surface area (Å²) in [6, 6.07) is -0.627. The number of esters is 1. The Balaban J connectivity index is 3.41. The molecule has 0 saturated heterocycles. The summed E-state index contributed by atoms with van der Waals surface area (Å²) in [6.07, 6.45) is 90.2. The molecule has 79 heavy (non-hydrogen) atoms. The molecule has 0 aliphatic rings. The highest BCUT2D eigenvalue weighted by atomic mass is 16.5. The summed E-state index contributed by atoms with van der Waals surface area (Å²) in [5.41, 5.74) is 0. The second kappa shape index (κ2) is 68.1. The molecule has 0 rings (SSSR count). The molecule has 0 aromatic carbocycles. The van der Waals surface area contributed by atoms with Gasteiger partial charge in [0.1, 0.15) is 0 Å². The van der Waals surface area contributed by atoms with Crippen LogP contribution in [0.3, 0.4) is 0 Å². The Morgan fingerprint density at radius 1 is 0.354 bits per heavy atom. The maximum absolute atomic E-state index is 12.5. The largest absolute Gasteiger partial charge is 0.466 e. The lowest BCUT2D eigenvalue weighted by Gasteiger charge is -2.20. The molecule has 0 aliphatic carbocycles. The van der Waals surface area contributed by atoms with Gasteiger partial charge in [0.25, 0.3) is 0 Å². The fraction of sp³-hybridized carbons (Fsp3) is 0.836. The van der Waals surface area contributed by atoms with Crippen LogP contribution in [0.25, 0.3) is 0 Å². The lowest BCUT2D eigenvalue weighted by Crippen LogP contribution is -2.45. The first-order valence-corrected chi connectivity index (χ1v) is 35.1. The number of aliphatic hydroxyl groups excluding tert-OH is 2. The molecule has 462 valence electrons. The van der Waals surface area contributed by atoms with Crippen molar-refractivity contribution in [2.24, 2.45) is 0 Å². The summed E-state index contributed by atoms with van der Waals surface area (Å²) in [4.78, 5) is 24.5. The number of nitrogens with one attached hydrogen (secondary N) is 1. The van der Waals surface area contributed by atoms with Crippen LogP contribution < -0.4 is 5.32 Å². The summed E-state index contributed by atoms with van der Waals surface area (Å²) >= 11 is 0. The second-order valence-electron chi connectivity index (χ2n) is 23.9. The Kier molecular flexibility index (Phi) is 66.0. The van der Waals surface area contributed by atoms with Crippen molar-refractivity contribution in [2.75, 3.05) is 13.2 Å². The highest BCUT2D eigenvalue weighted by Gasteiger charge is 2.18. The van der Waals surface area contributed by atoms with Gasteiger partial charge in [0, 0.05) is 12.8 Å². The summed E-state index contributed by atoms with van der Waals surface area (Å²) in [5.74, 6) is -0.0662. The molecule has 0 aromatic heterocycles. The number of ether oxygens (including phenoxy) is 1. The van der Waals surface area contributed by atoms with Gasteiger partial charge in [-0.15, -0.1) is 0 Å². The highest BCUT2D eigenvalue weighted by Crippen LogP contribution is 2.18. The highest BCUT2D eigenvalue weighted by molar-refractivity contribution is 5.76. The SMILES string of the molecule is CCC/C=C\C/C=C\CCCCCCCC(=O)OCCCCCCCCCCC/C=C\C/C=C\CCCCCCCCCCCCCCCCCCCC(=O)NC(CO)C(O)/C=C/CCCCCCCCCCCCCCCC. The van der Waals surface area contributed by atoms with Crippen molar-refractivity contribution in [1.29, 1.82) is 0 Å². The number of unbranched alkanes of at least 4 members (excludes halogenated alkanes) is 46. The van der Waals surface area contributed by atoms with E-state index in [9.17, 15) is 19.8 Å². The van der Waals surface area contributed by atoms with Gasteiger partial charge in [0.15, 0.2) is 0 Å². The lowest BCUT2D eigenvalue weighted by atomic mass is 10.0. The Bertz CT molecular complexity index is 1370. The number of allylic oxidation sites excluding steroid dienone is 9. The van der Waals surface area contributed by atoms with Crippen LogP contribution >= 0.6 is 0 Å². The van der Waals surface area contributed by atoms with Crippen molar-refractivity contribution < 1.29 is 24.5 Å². The minimum atomic E-state index is -0.844. The van der Waals surface area contributed by atoms with Gasteiger partial charge in [-0.25, -0.2) is 0 Å². The van der Waals surface area contributed by atoms with Crippen molar-refractivity contribution in [1.82, 2.24) is 5.32 Å². The van der Waals surface area contributed by atoms with Crippen LogP contribution in [0.2, 0.25) is 0 Å². The Morgan fingerprint density at radius 2 is 0.658 bits per heavy atom. The molecule has 0 aliphatic heterocycles. The first-order chi connectivity index (χ1) is 39.0. The smallest absolute Gasteiger partial charge is 0.305 e. The van der Waals surface area contributed by atoms with E-state index in [2.05, 4.69) is 67.8 Å². The molecule has 0 radical (unpaired) electrons. The van der Waals surface area contributed by atoms with Crippen molar-refractivity contribution in [3.63, 3.8) is 0 Å². The lowest BCUT2D eigenvalue weighted by molar-refractivity contribution is -0.143. The molecular formula is C73H135NO5. The van der Waals surface area contributed by atoms with Crippen molar-refractivity contribution in [2.45, 2.75) is 379 Å². The fourth-order valence-corrected chi connectivity index (χ4v) is 10.6. The van der Waals surface area contributed by atoms with Crippen LogP contribution in [0, 0.1) is 0 Å². The van der Waals surface area contributed by atoms with Crippen molar-refractivity contribution >= 4 is 11.9 Å². The van der Waals surface area contributed by atoms with Crippen LogP contribution in [-0.4, -0.2) is 47.4 Å². The van der Waals surface area contributed by atoms with Crippen LogP contribution in [0.4, 0.5) is 0 Å². The third-order valence-corrected chi connectivity index (χ3v) is 16.0. The van der Waals surface area contributed by atoms with Gasteiger partial charge in [0.2, 0.25) is 5.91 Å². The summed E-state index contributed by atoms with van der Waals surface area (Å²) in [5, 5.41) is 23.2. The molecule has 2 atom stereocenters. The molecule has 0 aromatic rings. The Morgan fingerprint density at radius 3 is 1.01 bits per heavy atom. The van der Waals surface area contributed by atoms with Crippen molar-refractivity contribution in [3.05, 3.63) is 60.8 Å². The molecule has 0 saturated carbocycles. The van der Waals surface area contributed by atoms with Crippen LogP contribution in [-0.2, 0) is 14.3 Å². The molecule has 0 spiro atoms. The first-order valence-electron chi connectivity index (χ1n) is 35.1.